The minimum atomic E-state index is -0.748. The first-order chi connectivity index (χ1) is 8.04. The van der Waals surface area contributed by atoms with Gasteiger partial charge in [-0.05, 0) is 24.6 Å². The second kappa shape index (κ2) is 6.96. The highest BCUT2D eigenvalue weighted by Crippen LogP contribution is 2.31. The molecule has 0 aromatic heterocycles. The predicted octanol–water partition coefficient (Wildman–Crippen LogP) is 1.30. The Kier molecular flexibility index (Phi) is 5.91. The third-order valence-corrected chi connectivity index (χ3v) is 3.99. The molecule has 0 spiro atoms. The molecule has 1 aromatic carbocycles. The Balaban J connectivity index is 2.69. The molecule has 5 heteroatoms. The average Bonchev–Trinajstić information content (AvgIpc) is 2.31. The summed E-state index contributed by atoms with van der Waals surface area (Å²) in [5.74, 6) is 0.123. The Hall–Kier alpha value is -0.620. The lowest BCUT2D eigenvalue weighted by Crippen LogP contribution is -2.25. The summed E-state index contributed by atoms with van der Waals surface area (Å²) in [5, 5.41) is 18.0. The molecule has 1 aromatic rings. The van der Waals surface area contributed by atoms with Crippen molar-refractivity contribution in [3.63, 3.8) is 0 Å². The summed E-state index contributed by atoms with van der Waals surface area (Å²) in [5.41, 5.74) is 6.80. The van der Waals surface area contributed by atoms with Crippen molar-refractivity contribution in [3.8, 4) is 0 Å². The van der Waals surface area contributed by atoms with Crippen LogP contribution in [0.4, 0.5) is 4.39 Å². The van der Waals surface area contributed by atoms with Crippen molar-refractivity contribution >= 4 is 11.8 Å². The highest BCUT2D eigenvalue weighted by Gasteiger charge is 2.18. The molecule has 3 nitrogen and oxygen atoms in total. The van der Waals surface area contributed by atoms with Crippen molar-refractivity contribution in [2.24, 2.45) is 5.73 Å². The molecule has 0 bridgehead atoms. The highest BCUT2D eigenvalue weighted by atomic mass is 32.2. The molecule has 4 N–H and O–H groups in total. The number of halogens is 1. The number of nitrogens with two attached hydrogens (primary N) is 1. The number of benzene rings is 1. The van der Waals surface area contributed by atoms with Crippen LogP contribution in [0.5, 0.6) is 0 Å². The van der Waals surface area contributed by atoms with E-state index in [0.29, 0.717) is 5.75 Å². The van der Waals surface area contributed by atoms with Crippen molar-refractivity contribution < 1.29 is 14.6 Å². The summed E-state index contributed by atoms with van der Waals surface area (Å²) in [6.45, 7) is 1.61. The Morgan fingerprint density at radius 1 is 1.35 bits per heavy atom. The molecular formula is C12H18FNO2S. The van der Waals surface area contributed by atoms with E-state index in [2.05, 4.69) is 0 Å². The Bertz CT molecular complexity index is 332. The van der Waals surface area contributed by atoms with Crippen molar-refractivity contribution in [2.75, 3.05) is 12.4 Å². The lowest BCUT2D eigenvalue weighted by molar-refractivity contribution is 0.113. The van der Waals surface area contributed by atoms with E-state index in [1.165, 1.54) is 23.9 Å². The van der Waals surface area contributed by atoms with Gasteiger partial charge in [-0.25, -0.2) is 4.39 Å². The molecule has 0 saturated carbocycles. The molecule has 0 saturated heterocycles. The minimum Gasteiger partial charge on any atom is -0.394 e. The average molecular weight is 259 g/mol. The van der Waals surface area contributed by atoms with Gasteiger partial charge in [-0.15, -0.1) is 11.8 Å². The molecule has 3 unspecified atom stereocenters. The standard InChI is InChI=1S/C12H18FNO2S/c1-8(14)12(17-7-11(16)6-15)9-2-4-10(13)5-3-9/h2-5,8,11-12,15-16H,6-7,14H2,1H3. The largest absolute Gasteiger partial charge is 0.394 e. The van der Waals surface area contributed by atoms with Gasteiger partial charge in [0.05, 0.1) is 12.7 Å². The fraction of sp³-hybridized carbons (Fsp3) is 0.500. The topological polar surface area (TPSA) is 66.5 Å². The summed E-state index contributed by atoms with van der Waals surface area (Å²) in [7, 11) is 0. The van der Waals surface area contributed by atoms with Crippen LogP contribution in [0.3, 0.4) is 0 Å². The van der Waals surface area contributed by atoms with Gasteiger partial charge in [0.15, 0.2) is 0 Å². The molecule has 17 heavy (non-hydrogen) atoms. The number of rotatable bonds is 6. The fourth-order valence-electron chi connectivity index (χ4n) is 1.47. The molecule has 1 rings (SSSR count). The maximum atomic E-state index is 12.8. The molecule has 0 fully saturated rings. The molecule has 0 amide bonds. The molecule has 0 aliphatic carbocycles. The molecule has 96 valence electrons. The lowest BCUT2D eigenvalue weighted by atomic mass is 10.1. The van der Waals surface area contributed by atoms with Crippen molar-refractivity contribution in [1.82, 2.24) is 0 Å². The Morgan fingerprint density at radius 3 is 2.41 bits per heavy atom. The first kappa shape index (κ1) is 14.4. The van der Waals surface area contributed by atoms with E-state index in [-0.39, 0.29) is 23.7 Å². The van der Waals surface area contributed by atoms with Gasteiger partial charge in [0.25, 0.3) is 0 Å². The zero-order chi connectivity index (χ0) is 12.8. The van der Waals surface area contributed by atoms with E-state index in [9.17, 15) is 9.50 Å². The smallest absolute Gasteiger partial charge is 0.123 e. The Labute approximate surface area is 105 Å². The van der Waals surface area contributed by atoms with E-state index in [1.54, 1.807) is 12.1 Å². The predicted molar refractivity (Wildman–Crippen MR) is 68.3 cm³/mol. The SMILES string of the molecule is CC(N)C(SCC(O)CO)c1ccc(F)cc1. The van der Waals surface area contributed by atoms with Crippen LogP contribution in [0.25, 0.3) is 0 Å². The minimum absolute atomic E-state index is 0.0169. The third kappa shape index (κ3) is 4.63. The zero-order valence-corrected chi connectivity index (χ0v) is 10.5. The summed E-state index contributed by atoms with van der Waals surface area (Å²) < 4.78 is 12.8. The molecule has 3 atom stereocenters. The number of aliphatic hydroxyl groups excluding tert-OH is 2. The van der Waals surface area contributed by atoms with Crippen LogP contribution in [0.2, 0.25) is 0 Å². The third-order valence-electron chi connectivity index (χ3n) is 2.35. The van der Waals surface area contributed by atoms with Crippen LogP contribution in [0, 0.1) is 5.82 Å². The monoisotopic (exact) mass is 259 g/mol. The number of hydrogen-bond donors (Lipinski definition) is 3. The summed E-state index contributed by atoms with van der Waals surface area (Å²) in [6, 6.07) is 6.07. The molecule has 0 aliphatic heterocycles. The van der Waals surface area contributed by atoms with Crippen LogP contribution in [-0.4, -0.2) is 34.7 Å². The van der Waals surface area contributed by atoms with Gasteiger partial charge in [0.2, 0.25) is 0 Å². The maximum absolute atomic E-state index is 12.8. The van der Waals surface area contributed by atoms with Crippen molar-refractivity contribution in [2.45, 2.75) is 24.3 Å². The molecule has 0 heterocycles. The van der Waals surface area contributed by atoms with Gasteiger partial charge < -0.3 is 15.9 Å². The van der Waals surface area contributed by atoms with Crippen LogP contribution in [-0.2, 0) is 0 Å². The van der Waals surface area contributed by atoms with Crippen LogP contribution in [0.1, 0.15) is 17.7 Å². The van der Waals surface area contributed by atoms with Gasteiger partial charge in [0.1, 0.15) is 5.82 Å². The molecule has 0 radical (unpaired) electrons. The normalized spacial score (nSPS) is 16.5. The van der Waals surface area contributed by atoms with Gasteiger partial charge in [0, 0.05) is 17.0 Å². The van der Waals surface area contributed by atoms with Gasteiger partial charge in [-0.1, -0.05) is 12.1 Å². The van der Waals surface area contributed by atoms with E-state index >= 15 is 0 Å². The van der Waals surface area contributed by atoms with Crippen molar-refractivity contribution in [1.29, 1.82) is 0 Å². The fourth-order valence-corrected chi connectivity index (χ4v) is 2.66. The first-order valence-corrected chi connectivity index (χ1v) is 6.51. The van der Waals surface area contributed by atoms with E-state index < -0.39 is 6.10 Å². The number of thioether (sulfide) groups is 1. The second-order valence-corrected chi connectivity index (χ2v) is 5.18. The molecule has 0 aliphatic rings. The quantitative estimate of drug-likeness (QED) is 0.720. The number of aliphatic hydroxyl groups is 2. The maximum Gasteiger partial charge on any atom is 0.123 e. The van der Waals surface area contributed by atoms with Gasteiger partial charge in [-0.2, -0.15) is 0 Å². The first-order valence-electron chi connectivity index (χ1n) is 5.46. The number of hydrogen-bond acceptors (Lipinski definition) is 4. The van der Waals surface area contributed by atoms with Crippen molar-refractivity contribution in [3.05, 3.63) is 35.6 Å². The highest BCUT2D eigenvalue weighted by molar-refractivity contribution is 7.99. The van der Waals surface area contributed by atoms with E-state index in [0.717, 1.165) is 5.56 Å². The van der Waals surface area contributed by atoms with E-state index in [1.807, 2.05) is 6.92 Å². The van der Waals surface area contributed by atoms with Crippen LogP contribution in [0.15, 0.2) is 24.3 Å². The van der Waals surface area contributed by atoms with E-state index in [4.69, 9.17) is 10.8 Å². The summed E-state index contributed by atoms with van der Waals surface area (Å²) >= 11 is 1.46. The summed E-state index contributed by atoms with van der Waals surface area (Å²) in [4.78, 5) is 0. The summed E-state index contributed by atoms with van der Waals surface area (Å²) in [6.07, 6.45) is -0.748. The van der Waals surface area contributed by atoms with Crippen LogP contribution >= 0.6 is 11.8 Å². The second-order valence-electron chi connectivity index (χ2n) is 4.00. The molecular weight excluding hydrogens is 241 g/mol. The van der Waals surface area contributed by atoms with Crippen LogP contribution < -0.4 is 5.73 Å². The van der Waals surface area contributed by atoms with Gasteiger partial charge >= 0.3 is 0 Å². The lowest BCUT2D eigenvalue weighted by Gasteiger charge is -2.21. The Morgan fingerprint density at radius 2 is 1.94 bits per heavy atom. The zero-order valence-electron chi connectivity index (χ0n) is 9.71. The van der Waals surface area contributed by atoms with Gasteiger partial charge in [-0.3, -0.25) is 0 Å².